The van der Waals surface area contributed by atoms with Crippen LogP contribution >= 0.6 is 11.8 Å². The van der Waals surface area contributed by atoms with Gasteiger partial charge in [-0.1, -0.05) is 0 Å². The maximum absolute atomic E-state index is 11.5. The molecule has 2 rings (SSSR count). The third-order valence-electron chi connectivity index (χ3n) is 2.18. The van der Waals surface area contributed by atoms with Crippen molar-refractivity contribution in [3.63, 3.8) is 0 Å². The molecule has 0 spiro atoms. The predicted molar refractivity (Wildman–Crippen MR) is 60.7 cm³/mol. The smallest absolute Gasteiger partial charge is 0.340 e. The molecule has 1 aromatic rings. The summed E-state index contributed by atoms with van der Waals surface area (Å²) >= 11 is 0.999. The fourth-order valence-corrected chi connectivity index (χ4v) is 2.17. The molecule has 1 aliphatic rings. The van der Waals surface area contributed by atoms with E-state index in [9.17, 15) is 4.79 Å². The first kappa shape index (κ1) is 10.8. The summed E-state index contributed by atoms with van der Waals surface area (Å²) in [6.45, 7) is 0. The molecule has 84 valence electrons. The zero-order valence-electron chi connectivity index (χ0n) is 8.52. The lowest BCUT2D eigenvalue weighted by Crippen LogP contribution is -2.07. The van der Waals surface area contributed by atoms with Gasteiger partial charge in [-0.15, -0.1) is 0 Å². The van der Waals surface area contributed by atoms with Crippen LogP contribution in [0.1, 0.15) is 21.4 Å². The Labute approximate surface area is 96.4 Å². The Morgan fingerprint density at radius 3 is 3.00 bits per heavy atom. The van der Waals surface area contributed by atoms with E-state index < -0.39 is 11.4 Å². The number of hydrogen-bond donors (Lipinski definition) is 2. The second kappa shape index (κ2) is 4.05. The Morgan fingerprint density at radius 2 is 2.38 bits per heavy atom. The number of rotatable bonds is 2. The number of cyclic esters (lactones) is 1. The van der Waals surface area contributed by atoms with E-state index in [0.29, 0.717) is 11.3 Å². The van der Waals surface area contributed by atoms with Crippen molar-refractivity contribution in [2.75, 3.05) is 7.11 Å². The molecular formula is C10H10N2O3S. The number of carbonyl (C=O) groups is 1. The largest absolute Gasteiger partial charge is 0.497 e. The van der Waals surface area contributed by atoms with Gasteiger partial charge >= 0.3 is 5.97 Å². The van der Waals surface area contributed by atoms with Crippen LogP contribution in [0.2, 0.25) is 0 Å². The van der Waals surface area contributed by atoms with Crippen molar-refractivity contribution in [2.45, 2.75) is 5.44 Å². The van der Waals surface area contributed by atoms with Crippen LogP contribution in [0.25, 0.3) is 0 Å². The minimum Gasteiger partial charge on any atom is -0.497 e. The van der Waals surface area contributed by atoms with Crippen molar-refractivity contribution in [2.24, 2.45) is 5.73 Å². The summed E-state index contributed by atoms with van der Waals surface area (Å²) in [6.07, 6.45) is 0. The van der Waals surface area contributed by atoms with Gasteiger partial charge in [0.25, 0.3) is 0 Å². The third-order valence-corrected chi connectivity index (χ3v) is 3.00. The minimum absolute atomic E-state index is 0.0820. The van der Waals surface area contributed by atoms with E-state index >= 15 is 0 Å². The van der Waals surface area contributed by atoms with Crippen molar-refractivity contribution in [1.82, 2.24) is 0 Å². The summed E-state index contributed by atoms with van der Waals surface area (Å²) < 4.78 is 10.1. The van der Waals surface area contributed by atoms with E-state index in [4.69, 9.17) is 20.6 Å². The maximum Gasteiger partial charge on any atom is 0.340 e. The van der Waals surface area contributed by atoms with Crippen LogP contribution in [0.4, 0.5) is 0 Å². The van der Waals surface area contributed by atoms with E-state index in [0.717, 1.165) is 17.3 Å². The van der Waals surface area contributed by atoms with Crippen molar-refractivity contribution in [3.05, 3.63) is 29.3 Å². The standard InChI is InChI=1S/C10H10N2O3S/c1-14-5-2-3-6-7(4-5)8(13)15-9(6)16-10(11)12/h2-4,9H,1H3,(H3,11,12). The van der Waals surface area contributed by atoms with Crippen LogP contribution < -0.4 is 10.5 Å². The summed E-state index contributed by atoms with van der Waals surface area (Å²) in [4.78, 5) is 11.5. The van der Waals surface area contributed by atoms with Gasteiger partial charge in [0.15, 0.2) is 10.6 Å². The Hall–Kier alpha value is -1.69. The molecule has 0 aliphatic carbocycles. The van der Waals surface area contributed by atoms with Crippen LogP contribution in [-0.4, -0.2) is 18.2 Å². The molecular weight excluding hydrogens is 228 g/mol. The van der Waals surface area contributed by atoms with Crippen LogP contribution in [0, 0.1) is 5.41 Å². The number of amidine groups is 1. The molecule has 0 fully saturated rings. The zero-order valence-corrected chi connectivity index (χ0v) is 9.34. The van der Waals surface area contributed by atoms with Crippen molar-refractivity contribution >= 4 is 22.9 Å². The highest BCUT2D eigenvalue weighted by atomic mass is 32.2. The number of methoxy groups -OCH3 is 1. The van der Waals surface area contributed by atoms with Gasteiger partial charge in [-0.05, 0) is 30.0 Å². The highest BCUT2D eigenvalue weighted by molar-refractivity contribution is 8.13. The van der Waals surface area contributed by atoms with Crippen molar-refractivity contribution in [3.8, 4) is 5.75 Å². The molecule has 0 aromatic heterocycles. The fraction of sp³-hybridized carbons (Fsp3) is 0.200. The molecule has 1 unspecified atom stereocenters. The highest BCUT2D eigenvalue weighted by Crippen LogP contribution is 2.39. The minimum atomic E-state index is -0.522. The van der Waals surface area contributed by atoms with Crippen molar-refractivity contribution in [1.29, 1.82) is 5.41 Å². The monoisotopic (exact) mass is 238 g/mol. The average Bonchev–Trinajstić information content (AvgIpc) is 2.54. The van der Waals surface area contributed by atoms with Gasteiger partial charge in [-0.25, -0.2) is 4.79 Å². The van der Waals surface area contributed by atoms with E-state index in [2.05, 4.69) is 0 Å². The summed E-state index contributed by atoms with van der Waals surface area (Å²) in [6, 6.07) is 5.12. The summed E-state index contributed by atoms with van der Waals surface area (Å²) in [5.41, 5.74) is 5.94. The van der Waals surface area contributed by atoms with Gasteiger partial charge in [0.05, 0.1) is 12.7 Å². The van der Waals surface area contributed by atoms with Crippen molar-refractivity contribution < 1.29 is 14.3 Å². The average molecular weight is 238 g/mol. The normalized spacial score (nSPS) is 17.8. The number of hydrogen-bond acceptors (Lipinski definition) is 5. The molecule has 6 heteroatoms. The lowest BCUT2D eigenvalue weighted by molar-refractivity contribution is 0.0523. The molecule has 0 saturated heterocycles. The molecule has 0 radical (unpaired) electrons. The quantitative estimate of drug-likeness (QED) is 0.463. The van der Waals surface area contributed by atoms with Crippen LogP contribution in [0.5, 0.6) is 5.75 Å². The zero-order chi connectivity index (χ0) is 11.7. The summed E-state index contributed by atoms with van der Waals surface area (Å²) in [7, 11) is 1.53. The Balaban J connectivity index is 2.36. The van der Waals surface area contributed by atoms with Crippen LogP contribution in [0.3, 0.4) is 0 Å². The van der Waals surface area contributed by atoms with E-state index in [1.807, 2.05) is 0 Å². The number of carbonyl (C=O) groups excluding carboxylic acids is 1. The molecule has 0 bridgehead atoms. The number of benzene rings is 1. The third kappa shape index (κ3) is 1.83. The van der Waals surface area contributed by atoms with Crippen LogP contribution in [-0.2, 0) is 4.74 Å². The van der Waals surface area contributed by atoms with Gasteiger partial charge in [0.2, 0.25) is 0 Å². The van der Waals surface area contributed by atoms with E-state index in [1.54, 1.807) is 18.2 Å². The Morgan fingerprint density at radius 1 is 1.62 bits per heavy atom. The maximum atomic E-state index is 11.5. The van der Waals surface area contributed by atoms with Crippen LogP contribution in [0.15, 0.2) is 18.2 Å². The second-order valence-electron chi connectivity index (χ2n) is 3.17. The first-order chi connectivity index (χ1) is 7.61. The van der Waals surface area contributed by atoms with Gasteiger partial charge in [0.1, 0.15) is 5.75 Å². The topological polar surface area (TPSA) is 85.4 Å². The predicted octanol–water partition coefficient (Wildman–Crippen LogP) is 1.49. The highest BCUT2D eigenvalue weighted by Gasteiger charge is 2.32. The SMILES string of the molecule is COc1ccc2c(c1)C(=O)OC2SC(=N)N. The van der Waals surface area contributed by atoms with E-state index in [-0.39, 0.29) is 5.17 Å². The Kier molecular flexibility index (Phi) is 2.74. The molecule has 16 heavy (non-hydrogen) atoms. The van der Waals surface area contributed by atoms with Gasteiger partial charge in [-0.3, -0.25) is 5.41 Å². The number of fused-ring (bicyclic) bond motifs is 1. The van der Waals surface area contributed by atoms with Gasteiger partial charge in [-0.2, -0.15) is 0 Å². The molecule has 3 N–H and O–H groups in total. The first-order valence-corrected chi connectivity index (χ1v) is 5.39. The first-order valence-electron chi connectivity index (χ1n) is 4.51. The molecule has 0 amide bonds. The summed E-state index contributed by atoms with van der Waals surface area (Å²) in [5, 5.41) is 7.09. The molecule has 1 aromatic carbocycles. The number of nitrogens with two attached hydrogens (primary N) is 1. The number of ether oxygens (including phenoxy) is 2. The second-order valence-corrected chi connectivity index (χ2v) is 4.28. The molecule has 1 heterocycles. The lowest BCUT2D eigenvalue weighted by Gasteiger charge is -2.08. The van der Waals surface area contributed by atoms with E-state index in [1.165, 1.54) is 7.11 Å². The number of thioether (sulfide) groups is 1. The Bertz CT molecular complexity index is 461. The number of esters is 1. The fourth-order valence-electron chi connectivity index (χ4n) is 1.47. The summed E-state index contributed by atoms with van der Waals surface area (Å²) in [5.74, 6) is 0.192. The molecule has 5 nitrogen and oxygen atoms in total. The van der Waals surface area contributed by atoms with Gasteiger partial charge < -0.3 is 15.2 Å². The molecule has 1 atom stereocenters. The number of nitrogens with one attached hydrogen (secondary N) is 1. The molecule has 0 saturated carbocycles. The molecule has 1 aliphatic heterocycles. The van der Waals surface area contributed by atoms with Gasteiger partial charge in [0, 0.05) is 5.56 Å². The lowest BCUT2D eigenvalue weighted by atomic mass is 10.1.